The lowest BCUT2D eigenvalue weighted by Crippen LogP contribution is -2.59. The molecule has 2 aromatic rings. The van der Waals surface area contributed by atoms with Gasteiger partial charge in [0.15, 0.2) is 0 Å². The van der Waals surface area contributed by atoms with E-state index in [-0.39, 0.29) is 36.6 Å². The molecular formula is C37H45N5O7. The number of amides is 5. The molecule has 0 aromatic heterocycles. The first-order valence-electron chi connectivity index (χ1n) is 16.7. The molecule has 5 rings (SSSR count). The van der Waals surface area contributed by atoms with Crippen LogP contribution in [0.15, 0.2) is 67.3 Å². The molecule has 0 bridgehead atoms. The molecular weight excluding hydrogens is 626 g/mol. The normalized spacial score (nSPS) is 20.6. The Hall–Kier alpha value is -5.00. The van der Waals surface area contributed by atoms with Gasteiger partial charge in [0.1, 0.15) is 23.7 Å². The molecule has 260 valence electrons. The third-order valence-electron chi connectivity index (χ3n) is 9.19. The third-order valence-corrected chi connectivity index (χ3v) is 9.19. The van der Waals surface area contributed by atoms with Gasteiger partial charge in [0.25, 0.3) is 5.91 Å². The van der Waals surface area contributed by atoms with E-state index in [0.29, 0.717) is 19.4 Å². The van der Waals surface area contributed by atoms with Gasteiger partial charge in [-0.1, -0.05) is 60.7 Å². The number of hydrogen-bond donors (Lipinski definition) is 4. The van der Waals surface area contributed by atoms with Gasteiger partial charge in [-0.25, -0.2) is 4.79 Å². The molecule has 2 aliphatic carbocycles. The molecule has 5 amide bonds. The van der Waals surface area contributed by atoms with Gasteiger partial charge in [-0.3, -0.25) is 24.0 Å². The second-order valence-electron chi connectivity index (χ2n) is 14.1. The first-order valence-corrected chi connectivity index (χ1v) is 16.7. The largest absolute Gasteiger partial charge is 0.444 e. The summed E-state index contributed by atoms with van der Waals surface area (Å²) >= 11 is 0. The van der Waals surface area contributed by atoms with E-state index in [9.17, 15) is 28.8 Å². The van der Waals surface area contributed by atoms with E-state index in [1.165, 1.54) is 11.0 Å². The van der Waals surface area contributed by atoms with Gasteiger partial charge in [-0.05, 0) is 80.9 Å². The summed E-state index contributed by atoms with van der Waals surface area (Å²) in [4.78, 5) is 80.8. The molecule has 0 spiro atoms. The molecule has 2 fully saturated rings. The number of Topliss-reactive ketones (excluding diaryl/α,β-unsaturated/α-hetero) is 1. The number of benzene rings is 2. The molecule has 2 aromatic carbocycles. The minimum Gasteiger partial charge on any atom is -0.444 e. The zero-order valence-electron chi connectivity index (χ0n) is 28.2. The highest BCUT2D eigenvalue weighted by atomic mass is 16.6. The lowest BCUT2D eigenvalue weighted by Gasteiger charge is -2.34. The first kappa shape index (κ1) is 35.3. The van der Waals surface area contributed by atoms with Gasteiger partial charge in [0, 0.05) is 13.1 Å². The van der Waals surface area contributed by atoms with Gasteiger partial charge >= 0.3 is 6.09 Å². The molecule has 5 atom stereocenters. The van der Waals surface area contributed by atoms with Crippen molar-refractivity contribution >= 4 is 35.5 Å². The Morgan fingerprint density at radius 3 is 2.22 bits per heavy atom. The molecule has 12 nitrogen and oxygen atoms in total. The summed E-state index contributed by atoms with van der Waals surface area (Å²) in [6.45, 7) is 9.07. The van der Waals surface area contributed by atoms with Gasteiger partial charge < -0.3 is 30.9 Å². The number of likely N-dealkylation sites (tertiary alicyclic amines) is 1. The predicted octanol–water partition coefficient (Wildman–Crippen LogP) is 2.20. The fourth-order valence-electron chi connectivity index (χ4n) is 6.77. The zero-order valence-corrected chi connectivity index (χ0v) is 28.2. The molecule has 1 heterocycles. The molecule has 4 N–H and O–H groups in total. The Morgan fingerprint density at radius 1 is 0.939 bits per heavy atom. The van der Waals surface area contributed by atoms with Crippen LogP contribution in [0.5, 0.6) is 0 Å². The maximum absolute atomic E-state index is 14.3. The van der Waals surface area contributed by atoms with Crippen LogP contribution in [-0.4, -0.2) is 77.2 Å². The lowest BCUT2D eigenvalue weighted by atomic mass is 9.94. The predicted molar refractivity (Wildman–Crippen MR) is 181 cm³/mol. The number of rotatable bonds is 13. The maximum Gasteiger partial charge on any atom is 0.408 e. The Kier molecular flexibility index (Phi) is 10.8. The lowest BCUT2D eigenvalue weighted by molar-refractivity contribution is -0.144. The van der Waals surface area contributed by atoms with Crippen LogP contribution >= 0.6 is 0 Å². The minimum absolute atomic E-state index is 0.0316. The van der Waals surface area contributed by atoms with Crippen molar-refractivity contribution in [2.45, 2.75) is 76.7 Å². The van der Waals surface area contributed by atoms with Crippen LogP contribution in [0.3, 0.4) is 0 Å². The Labute approximate surface area is 286 Å². The summed E-state index contributed by atoms with van der Waals surface area (Å²) in [6.07, 6.45) is 2.57. The summed E-state index contributed by atoms with van der Waals surface area (Å²) in [7, 11) is 0. The van der Waals surface area contributed by atoms with Crippen molar-refractivity contribution in [3.05, 3.63) is 83.9 Å². The minimum atomic E-state index is -1.24. The average Bonchev–Trinajstić information content (AvgIpc) is 3.51. The number of piperidine rings is 1. The Balaban J connectivity index is 1.24. The number of ether oxygens (including phenoxy) is 1. The molecule has 2 unspecified atom stereocenters. The standard InChI is InChI=1S/C37H45N5O7/c1-5-11-28(32(44)34(46)39-20-29(43)38-19-22-12-7-6-8-13-22)40-33(45)31-27-18-26(27)21-42(31)35(47)30(41-36(48)49-37(2,3)4)25-16-23-14-9-10-15-24(23)17-25/h5-10,12-15,25-28,30-31H,1,11,16-21H2,2-4H3,(H,38,43)(H,39,46)(H,40,45)(H,41,48)/t26?,27-,28?,30-,31-/m0/s1. The van der Waals surface area contributed by atoms with E-state index in [4.69, 9.17) is 4.74 Å². The van der Waals surface area contributed by atoms with E-state index >= 15 is 0 Å². The second kappa shape index (κ2) is 15.0. The summed E-state index contributed by atoms with van der Waals surface area (Å²) < 4.78 is 5.51. The number of carbonyl (C=O) groups is 6. The van der Waals surface area contributed by atoms with E-state index in [2.05, 4.69) is 27.8 Å². The number of hydrogen-bond acceptors (Lipinski definition) is 7. The van der Waals surface area contributed by atoms with Crippen molar-refractivity contribution in [3.63, 3.8) is 0 Å². The number of alkyl carbamates (subject to hydrolysis) is 1. The SMILES string of the molecule is C=CCC(NC(=O)[C@@H]1[C@H]2CC2CN1C(=O)[C@@H](NC(=O)OC(C)(C)C)C1Cc2ccccc2C1)C(=O)C(=O)NCC(=O)NCc1ccccc1. The highest BCUT2D eigenvalue weighted by molar-refractivity contribution is 6.38. The molecule has 0 radical (unpaired) electrons. The number of carbonyl (C=O) groups excluding carboxylic acids is 6. The maximum atomic E-state index is 14.3. The fourth-order valence-corrected chi connectivity index (χ4v) is 6.77. The fraction of sp³-hybridized carbons (Fsp3) is 0.459. The van der Waals surface area contributed by atoms with E-state index in [0.717, 1.165) is 23.1 Å². The quantitative estimate of drug-likeness (QED) is 0.187. The zero-order chi connectivity index (χ0) is 35.3. The van der Waals surface area contributed by atoms with Crippen LogP contribution in [0.25, 0.3) is 0 Å². The highest BCUT2D eigenvalue weighted by Crippen LogP contribution is 2.50. The molecule has 1 saturated heterocycles. The van der Waals surface area contributed by atoms with Crippen LogP contribution in [0.1, 0.15) is 50.3 Å². The van der Waals surface area contributed by atoms with Crippen LogP contribution in [-0.2, 0) is 48.1 Å². The summed E-state index contributed by atoms with van der Waals surface area (Å²) in [5, 5.41) is 10.5. The van der Waals surface area contributed by atoms with Gasteiger partial charge in [0.2, 0.25) is 23.5 Å². The highest BCUT2D eigenvalue weighted by Gasteiger charge is 2.58. The monoisotopic (exact) mass is 671 g/mol. The van der Waals surface area contributed by atoms with E-state index < -0.39 is 59.9 Å². The third kappa shape index (κ3) is 8.92. The van der Waals surface area contributed by atoms with Gasteiger partial charge in [0.05, 0.1) is 6.54 Å². The average molecular weight is 672 g/mol. The molecule has 49 heavy (non-hydrogen) atoms. The van der Waals surface area contributed by atoms with Crippen molar-refractivity contribution in [3.8, 4) is 0 Å². The number of ketones is 1. The summed E-state index contributed by atoms with van der Waals surface area (Å²) in [5.74, 6) is -3.61. The van der Waals surface area contributed by atoms with Crippen molar-refractivity contribution < 1.29 is 33.5 Å². The van der Waals surface area contributed by atoms with Crippen molar-refractivity contribution in [1.29, 1.82) is 0 Å². The van der Waals surface area contributed by atoms with E-state index in [1.807, 2.05) is 54.6 Å². The van der Waals surface area contributed by atoms with E-state index in [1.54, 1.807) is 20.8 Å². The Bertz CT molecular complexity index is 1580. The first-order chi connectivity index (χ1) is 23.3. The van der Waals surface area contributed by atoms with Crippen LogP contribution in [0.4, 0.5) is 4.79 Å². The topological polar surface area (TPSA) is 163 Å². The van der Waals surface area contributed by atoms with Crippen LogP contribution in [0.2, 0.25) is 0 Å². The smallest absolute Gasteiger partial charge is 0.408 e. The van der Waals surface area contributed by atoms with Gasteiger partial charge in [-0.15, -0.1) is 6.58 Å². The summed E-state index contributed by atoms with van der Waals surface area (Å²) in [6, 6.07) is 14.1. The second-order valence-corrected chi connectivity index (χ2v) is 14.1. The van der Waals surface area contributed by atoms with Gasteiger partial charge in [-0.2, -0.15) is 0 Å². The number of nitrogens with zero attached hydrogens (tertiary/aromatic N) is 1. The number of fused-ring (bicyclic) bond motifs is 2. The Morgan fingerprint density at radius 2 is 1.59 bits per heavy atom. The number of nitrogens with one attached hydrogen (secondary N) is 4. The van der Waals surface area contributed by atoms with Crippen molar-refractivity contribution in [2.24, 2.45) is 17.8 Å². The molecule has 1 aliphatic heterocycles. The molecule has 3 aliphatic rings. The van der Waals surface area contributed by atoms with Crippen LogP contribution in [0, 0.1) is 17.8 Å². The van der Waals surface area contributed by atoms with Crippen molar-refractivity contribution in [1.82, 2.24) is 26.2 Å². The van der Waals surface area contributed by atoms with Crippen LogP contribution < -0.4 is 21.3 Å². The molecule has 12 heteroatoms. The van der Waals surface area contributed by atoms with Crippen molar-refractivity contribution in [2.75, 3.05) is 13.1 Å². The molecule has 1 saturated carbocycles. The summed E-state index contributed by atoms with van der Waals surface area (Å²) in [5.41, 5.74) is 2.31.